The zero-order chi connectivity index (χ0) is 11.6. The van der Waals surface area contributed by atoms with Crippen molar-refractivity contribution in [1.29, 1.82) is 0 Å². The van der Waals surface area contributed by atoms with Gasteiger partial charge in [-0.1, -0.05) is 30.3 Å². The number of benzene rings is 1. The van der Waals surface area contributed by atoms with E-state index in [1.807, 2.05) is 36.4 Å². The second-order valence-electron chi connectivity index (χ2n) is 4.25. The third-order valence-corrected chi connectivity index (χ3v) is 2.64. The highest BCUT2D eigenvalue weighted by atomic mass is 16.6. The van der Waals surface area contributed by atoms with Crippen molar-refractivity contribution in [3.63, 3.8) is 0 Å². The predicted octanol–water partition coefficient (Wildman–Crippen LogP) is 1.77. The Morgan fingerprint density at radius 2 is 2.12 bits per heavy atom. The first kappa shape index (κ1) is 10.9. The molecule has 1 aliphatic rings. The molecule has 0 radical (unpaired) electrons. The van der Waals surface area contributed by atoms with Crippen LogP contribution in [0.5, 0.6) is 0 Å². The summed E-state index contributed by atoms with van der Waals surface area (Å²) in [4.78, 5) is 11.6. The molecule has 1 N–H and O–H groups in total. The number of rotatable bonds is 2. The molecule has 0 aliphatic carbocycles. The molecule has 1 aliphatic heterocycles. The van der Waals surface area contributed by atoms with E-state index >= 15 is 0 Å². The van der Waals surface area contributed by atoms with Crippen molar-refractivity contribution >= 4 is 12.0 Å². The Labute approximate surface area is 94.4 Å². The highest BCUT2D eigenvalue weighted by Crippen LogP contribution is 2.31. The van der Waals surface area contributed by atoms with Gasteiger partial charge in [-0.25, -0.2) is 4.79 Å². The summed E-state index contributed by atoms with van der Waals surface area (Å²) in [5.74, 6) is -0.333. The smallest absolute Gasteiger partial charge is 0.334 e. The predicted molar refractivity (Wildman–Crippen MR) is 60.6 cm³/mol. The van der Waals surface area contributed by atoms with Gasteiger partial charge in [0, 0.05) is 12.0 Å². The summed E-state index contributed by atoms with van der Waals surface area (Å²) >= 11 is 0. The van der Waals surface area contributed by atoms with Gasteiger partial charge in [0.15, 0.2) is 0 Å². The summed E-state index contributed by atoms with van der Waals surface area (Å²) in [5.41, 5.74) is 0.830. The van der Waals surface area contributed by atoms with Gasteiger partial charge >= 0.3 is 5.97 Å². The summed E-state index contributed by atoms with van der Waals surface area (Å²) in [6.07, 6.45) is 2.26. The summed E-state index contributed by atoms with van der Waals surface area (Å²) in [7, 11) is 0. The van der Waals surface area contributed by atoms with Crippen LogP contribution < -0.4 is 0 Å². The minimum absolute atomic E-state index is 0.148. The standard InChI is InChI=1S/C13H14O3/c1-13(9-14)8-11(12(15)16-13)7-10-5-3-2-4-6-10/h2-7,14H,8-9H2,1H3/b11-7+/t13-/m0/s1. The number of cyclic esters (lactones) is 1. The summed E-state index contributed by atoms with van der Waals surface area (Å²) in [6, 6.07) is 9.60. The largest absolute Gasteiger partial charge is 0.453 e. The van der Waals surface area contributed by atoms with Crippen LogP contribution in [-0.4, -0.2) is 23.3 Å². The molecule has 1 saturated heterocycles. The van der Waals surface area contributed by atoms with E-state index in [0.717, 1.165) is 5.56 Å². The molecule has 3 nitrogen and oxygen atoms in total. The van der Waals surface area contributed by atoms with Crippen LogP contribution in [0.25, 0.3) is 6.08 Å². The minimum atomic E-state index is -0.752. The number of aliphatic hydroxyl groups is 1. The Hall–Kier alpha value is -1.61. The number of hydrogen-bond acceptors (Lipinski definition) is 3. The van der Waals surface area contributed by atoms with Crippen LogP contribution in [0.15, 0.2) is 35.9 Å². The Kier molecular flexibility index (Phi) is 2.79. The van der Waals surface area contributed by atoms with Crippen LogP contribution in [-0.2, 0) is 9.53 Å². The monoisotopic (exact) mass is 218 g/mol. The number of esters is 1. The van der Waals surface area contributed by atoms with Crippen molar-refractivity contribution in [2.24, 2.45) is 0 Å². The Balaban J connectivity index is 2.24. The molecule has 1 atom stereocenters. The quantitative estimate of drug-likeness (QED) is 0.608. The number of aliphatic hydroxyl groups excluding tert-OH is 1. The molecule has 1 fully saturated rings. The average molecular weight is 218 g/mol. The molecule has 0 spiro atoms. The number of carbonyl (C=O) groups is 1. The van der Waals surface area contributed by atoms with Gasteiger partial charge in [0.25, 0.3) is 0 Å². The molecule has 1 aromatic rings. The molecular weight excluding hydrogens is 204 g/mol. The molecule has 16 heavy (non-hydrogen) atoms. The fraction of sp³-hybridized carbons (Fsp3) is 0.308. The van der Waals surface area contributed by atoms with Gasteiger partial charge in [-0.2, -0.15) is 0 Å². The van der Waals surface area contributed by atoms with E-state index in [0.29, 0.717) is 12.0 Å². The highest BCUT2D eigenvalue weighted by Gasteiger charge is 2.38. The third kappa shape index (κ3) is 2.14. The van der Waals surface area contributed by atoms with Crippen LogP contribution in [0.1, 0.15) is 18.9 Å². The first-order valence-corrected chi connectivity index (χ1v) is 5.23. The van der Waals surface area contributed by atoms with E-state index < -0.39 is 5.60 Å². The van der Waals surface area contributed by atoms with Crippen molar-refractivity contribution in [2.75, 3.05) is 6.61 Å². The van der Waals surface area contributed by atoms with Crippen LogP contribution >= 0.6 is 0 Å². The third-order valence-electron chi connectivity index (χ3n) is 2.64. The molecule has 2 rings (SSSR count). The van der Waals surface area contributed by atoms with Crippen LogP contribution in [0.2, 0.25) is 0 Å². The van der Waals surface area contributed by atoms with Crippen LogP contribution in [0, 0.1) is 0 Å². The first-order valence-electron chi connectivity index (χ1n) is 5.23. The topological polar surface area (TPSA) is 46.5 Å². The van der Waals surface area contributed by atoms with Crippen molar-refractivity contribution in [3.05, 3.63) is 41.5 Å². The Morgan fingerprint density at radius 3 is 2.69 bits per heavy atom. The number of carbonyl (C=O) groups excluding carboxylic acids is 1. The molecule has 0 amide bonds. The lowest BCUT2D eigenvalue weighted by molar-refractivity contribution is -0.147. The maximum atomic E-state index is 11.6. The van der Waals surface area contributed by atoms with Gasteiger partial charge in [-0.05, 0) is 18.6 Å². The fourth-order valence-electron chi connectivity index (χ4n) is 1.75. The zero-order valence-corrected chi connectivity index (χ0v) is 9.14. The van der Waals surface area contributed by atoms with E-state index in [1.165, 1.54) is 0 Å². The van der Waals surface area contributed by atoms with Crippen molar-refractivity contribution in [1.82, 2.24) is 0 Å². The second-order valence-corrected chi connectivity index (χ2v) is 4.25. The van der Waals surface area contributed by atoms with Gasteiger partial charge in [0.1, 0.15) is 5.60 Å². The maximum absolute atomic E-state index is 11.6. The van der Waals surface area contributed by atoms with E-state index in [4.69, 9.17) is 9.84 Å². The lowest BCUT2D eigenvalue weighted by Gasteiger charge is -2.17. The van der Waals surface area contributed by atoms with Crippen molar-refractivity contribution in [3.8, 4) is 0 Å². The lowest BCUT2D eigenvalue weighted by Crippen LogP contribution is -2.28. The molecule has 84 valence electrons. The van der Waals surface area contributed by atoms with Gasteiger partial charge in [-0.3, -0.25) is 0 Å². The normalized spacial score (nSPS) is 27.1. The Bertz CT molecular complexity index is 422. The van der Waals surface area contributed by atoms with E-state index in [1.54, 1.807) is 6.92 Å². The molecule has 0 unspecified atom stereocenters. The molecule has 0 bridgehead atoms. The van der Waals surface area contributed by atoms with Gasteiger partial charge in [0.2, 0.25) is 0 Å². The van der Waals surface area contributed by atoms with Crippen LogP contribution in [0.4, 0.5) is 0 Å². The molecule has 1 heterocycles. The Morgan fingerprint density at radius 1 is 1.44 bits per heavy atom. The molecule has 0 aromatic heterocycles. The summed E-state index contributed by atoms with van der Waals surface area (Å²) in [6.45, 7) is 1.58. The zero-order valence-electron chi connectivity index (χ0n) is 9.14. The van der Waals surface area contributed by atoms with Gasteiger partial charge in [-0.15, -0.1) is 0 Å². The maximum Gasteiger partial charge on any atom is 0.334 e. The van der Waals surface area contributed by atoms with Gasteiger partial charge in [0.05, 0.1) is 6.61 Å². The first-order chi connectivity index (χ1) is 7.63. The van der Waals surface area contributed by atoms with E-state index in [-0.39, 0.29) is 12.6 Å². The molecule has 1 aromatic carbocycles. The summed E-state index contributed by atoms with van der Waals surface area (Å²) in [5, 5.41) is 9.12. The van der Waals surface area contributed by atoms with E-state index in [2.05, 4.69) is 0 Å². The van der Waals surface area contributed by atoms with Crippen LogP contribution in [0.3, 0.4) is 0 Å². The highest BCUT2D eigenvalue weighted by molar-refractivity contribution is 5.96. The SMILES string of the molecule is C[C@@]1(CO)C/C(=C\c2ccccc2)C(=O)O1. The summed E-state index contributed by atoms with van der Waals surface area (Å²) < 4.78 is 5.13. The fourth-order valence-corrected chi connectivity index (χ4v) is 1.75. The molecular formula is C13H14O3. The molecule has 0 saturated carbocycles. The number of hydrogen-bond donors (Lipinski definition) is 1. The van der Waals surface area contributed by atoms with Crippen molar-refractivity contribution in [2.45, 2.75) is 18.9 Å². The minimum Gasteiger partial charge on any atom is -0.453 e. The average Bonchev–Trinajstić information content (AvgIpc) is 2.57. The van der Waals surface area contributed by atoms with Gasteiger partial charge < -0.3 is 9.84 Å². The van der Waals surface area contributed by atoms with E-state index in [9.17, 15) is 4.79 Å². The molecule has 3 heteroatoms. The van der Waals surface area contributed by atoms with Crippen molar-refractivity contribution < 1.29 is 14.6 Å². The second kappa shape index (κ2) is 4.10. The number of ether oxygens (including phenoxy) is 1. The lowest BCUT2D eigenvalue weighted by atomic mass is 9.99.